The molecule has 0 radical (unpaired) electrons. The molecule has 1 aromatic rings. The van der Waals surface area contributed by atoms with E-state index in [9.17, 15) is 9.90 Å². The molecule has 1 atom stereocenters. The molecule has 0 bridgehead atoms. The van der Waals surface area contributed by atoms with Gasteiger partial charge in [0.05, 0.1) is 19.6 Å². The molecule has 1 N–H and O–H groups in total. The highest BCUT2D eigenvalue weighted by Crippen LogP contribution is 2.23. The van der Waals surface area contributed by atoms with Gasteiger partial charge in [-0.1, -0.05) is 30.3 Å². The van der Waals surface area contributed by atoms with Gasteiger partial charge in [0, 0.05) is 6.54 Å². The van der Waals surface area contributed by atoms with Gasteiger partial charge in [-0.15, -0.1) is 0 Å². The predicted octanol–water partition coefficient (Wildman–Crippen LogP) is 1.82. The van der Waals surface area contributed by atoms with Crippen LogP contribution in [-0.2, 0) is 16.1 Å². The van der Waals surface area contributed by atoms with Crippen molar-refractivity contribution in [2.75, 3.05) is 20.2 Å². The third kappa shape index (κ3) is 4.32. The van der Waals surface area contributed by atoms with Crippen molar-refractivity contribution in [3.05, 3.63) is 35.9 Å². The normalized spacial score (nSPS) is 18.7. The molecule has 20 heavy (non-hydrogen) atoms. The van der Waals surface area contributed by atoms with Crippen molar-refractivity contribution in [2.45, 2.75) is 31.9 Å². The minimum atomic E-state index is -0.568. The van der Waals surface area contributed by atoms with E-state index in [1.54, 1.807) is 0 Å². The molecule has 0 aliphatic carbocycles. The number of likely N-dealkylation sites (tertiary alicyclic amines) is 1. The standard InChI is InChI=1S/C16H23NO3/c1-20-16(19)11-15(18)14-7-9-17(10-8-14)12-13-5-3-2-4-6-13/h2-6,14-15,18H,7-12H2,1H3/t15-/m0/s1. The van der Waals surface area contributed by atoms with Gasteiger partial charge < -0.3 is 9.84 Å². The summed E-state index contributed by atoms with van der Waals surface area (Å²) < 4.78 is 4.60. The number of methoxy groups -OCH3 is 1. The first kappa shape index (κ1) is 15.0. The van der Waals surface area contributed by atoms with Gasteiger partial charge in [-0.05, 0) is 37.4 Å². The van der Waals surface area contributed by atoms with Gasteiger partial charge in [0.15, 0.2) is 0 Å². The quantitative estimate of drug-likeness (QED) is 0.834. The summed E-state index contributed by atoms with van der Waals surface area (Å²) in [6, 6.07) is 10.4. The number of aliphatic hydroxyl groups excluding tert-OH is 1. The number of benzene rings is 1. The molecule has 0 amide bonds. The molecule has 2 rings (SSSR count). The maximum atomic E-state index is 11.2. The number of piperidine rings is 1. The smallest absolute Gasteiger partial charge is 0.308 e. The lowest BCUT2D eigenvalue weighted by Crippen LogP contribution is -2.38. The summed E-state index contributed by atoms with van der Waals surface area (Å²) in [6.45, 7) is 2.90. The number of rotatable bonds is 5. The van der Waals surface area contributed by atoms with Crippen LogP contribution < -0.4 is 0 Å². The largest absolute Gasteiger partial charge is 0.469 e. The number of carbonyl (C=O) groups is 1. The van der Waals surface area contributed by atoms with E-state index in [-0.39, 0.29) is 18.3 Å². The predicted molar refractivity (Wildman–Crippen MR) is 77.1 cm³/mol. The van der Waals surface area contributed by atoms with Gasteiger partial charge in [0.25, 0.3) is 0 Å². The van der Waals surface area contributed by atoms with Crippen LogP contribution in [0.3, 0.4) is 0 Å². The second-order valence-electron chi connectivity index (χ2n) is 5.45. The topological polar surface area (TPSA) is 49.8 Å². The van der Waals surface area contributed by atoms with E-state index in [0.29, 0.717) is 0 Å². The SMILES string of the molecule is COC(=O)C[C@H](O)C1CCN(Cc2ccccc2)CC1. The van der Waals surface area contributed by atoms with Crippen LogP contribution in [0.25, 0.3) is 0 Å². The number of carbonyl (C=O) groups excluding carboxylic acids is 1. The third-order valence-electron chi connectivity index (χ3n) is 4.03. The van der Waals surface area contributed by atoms with E-state index in [4.69, 9.17) is 0 Å². The maximum absolute atomic E-state index is 11.2. The van der Waals surface area contributed by atoms with Gasteiger partial charge in [-0.2, -0.15) is 0 Å². The molecule has 0 unspecified atom stereocenters. The Labute approximate surface area is 120 Å². The van der Waals surface area contributed by atoms with Crippen LogP contribution in [0.2, 0.25) is 0 Å². The Hall–Kier alpha value is -1.39. The Morgan fingerprint density at radius 2 is 2.00 bits per heavy atom. The molecule has 1 fully saturated rings. The van der Waals surface area contributed by atoms with Crippen LogP contribution in [-0.4, -0.2) is 42.3 Å². The van der Waals surface area contributed by atoms with E-state index in [0.717, 1.165) is 32.5 Å². The minimum Gasteiger partial charge on any atom is -0.469 e. The number of aliphatic hydroxyl groups is 1. The highest BCUT2D eigenvalue weighted by molar-refractivity contribution is 5.69. The second kappa shape index (κ2) is 7.41. The molecular weight excluding hydrogens is 254 g/mol. The average Bonchev–Trinajstić information content (AvgIpc) is 2.49. The summed E-state index contributed by atoms with van der Waals surface area (Å²) in [7, 11) is 1.36. The number of esters is 1. The van der Waals surface area contributed by atoms with Crippen molar-refractivity contribution in [3.63, 3.8) is 0 Å². The Bertz CT molecular complexity index is 413. The Morgan fingerprint density at radius 1 is 1.35 bits per heavy atom. The lowest BCUT2D eigenvalue weighted by Gasteiger charge is -2.34. The van der Waals surface area contributed by atoms with Crippen molar-refractivity contribution in [3.8, 4) is 0 Å². The lowest BCUT2D eigenvalue weighted by atomic mass is 9.89. The van der Waals surface area contributed by atoms with Crippen LogP contribution in [0.15, 0.2) is 30.3 Å². The first-order valence-electron chi connectivity index (χ1n) is 7.20. The zero-order valence-electron chi connectivity index (χ0n) is 12.0. The van der Waals surface area contributed by atoms with E-state index >= 15 is 0 Å². The molecule has 1 aromatic carbocycles. The van der Waals surface area contributed by atoms with E-state index in [1.165, 1.54) is 12.7 Å². The van der Waals surface area contributed by atoms with Crippen molar-refractivity contribution < 1.29 is 14.6 Å². The number of hydrogen-bond acceptors (Lipinski definition) is 4. The average molecular weight is 277 g/mol. The molecular formula is C16H23NO3. The van der Waals surface area contributed by atoms with Gasteiger partial charge in [0.1, 0.15) is 0 Å². The van der Waals surface area contributed by atoms with Gasteiger partial charge in [-0.3, -0.25) is 9.69 Å². The first-order chi connectivity index (χ1) is 9.69. The summed E-state index contributed by atoms with van der Waals surface area (Å²) in [5.41, 5.74) is 1.32. The van der Waals surface area contributed by atoms with Crippen molar-refractivity contribution in [2.24, 2.45) is 5.92 Å². The fraction of sp³-hybridized carbons (Fsp3) is 0.562. The molecule has 1 saturated heterocycles. The highest BCUT2D eigenvalue weighted by atomic mass is 16.5. The zero-order chi connectivity index (χ0) is 14.4. The van der Waals surface area contributed by atoms with Gasteiger partial charge in [0.2, 0.25) is 0 Å². The molecule has 1 heterocycles. The fourth-order valence-corrected chi connectivity index (χ4v) is 2.76. The van der Waals surface area contributed by atoms with Gasteiger partial charge in [-0.25, -0.2) is 0 Å². The zero-order valence-corrected chi connectivity index (χ0v) is 12.0. The summed E-state index contributed by atoms with van der Waals surface area (Å²) in [5, 5.41) is 10.0. The van der Waals surface area contributed by atoms with Gasteiger partial charge >= 0.3 is 5.97 Å². The maximum Gasteiger partial charge on any atom is 0.308 e. The Balaban J connectivity index is 1.76. The van der Waals surface area contributed by atoms with Crippen molar-refractivity contribution in [1.82, 2.24) is 4.90 Å². The summed E-state index contributed by atoms with van der Waals surface area (Å²) in [5.74, 6) is -0.120. The van der Waals surface area contributed by atoms with Crippen molar-refractivity contribution >= 4 is 5.97 Å². The molecule has 4 heteroatoms. The van der Waals surface area contributed by atoms with E-state index < -0.39 is 6.10 Å². The number of hydrogen-bond donors (Lipinski definition) is 1. The molecule has 1 aliphatic rings. The van der Waals surface area contributed by atoms with Crippen LogP contribution in [0.4, 0.5) is 0 Å². The third-order valence-corrected chi connectivity index (χ3v) is 4.03. The lowest BCUT2D eigenvalue weighted by molar-refractivity contribution is -0.143. The molecule has 0 saturated carbocycles. The van der Waals surface area contributed by atoms with E-state index in [1.807, 2.05) is 6.07 Å². The molecule has 0 aromatic heterocycles. The number of ether oxygens (including phenoxy) is 1. The summed E-state index contributed by atoms with van der Waals surface area (Å²) in [4.78, 5) is 13.6. The van der Waals surface area contributed by atoms with Crippen LogP contribution in [0.1, 0.15) is 24.8 Å². The van der Waals surface area contributed by atoms with Crippen LogP contribution in [0.5, 0.6) is 0 Å². The second-order valence-corrected chi connectivity index (χ2v) is 5.45. The fourth-order valence-electron chi connectivity index (χ4n) is 2.76. The van der Waals surface area contributed by atoms with E-state index in [2.05, 4.69) is 33.9 Å². The van der Waals surface area contributed by atoms with Crippen LogP contribution in [0, 0.1) is 5.92 Å². The molecule has 110 valence electrons. The highest BCUT2D eigenvalue weighted by Gasteiger charge is 2.26. The summed E-state index contributed by atoms with van der Waals surface area (Å²) >= 11 is 0. The van der Waals surface area contributed by atoms with Crippen LogP contribution >= 0.6 is 0 Å². The minimum absolute atomic E-state index is 0.111. The Kier molecular flexibility index (Phi) is 5.56. The number of nitrogens with zero attached hydrogens (tertiary/aromatic N) is 1. The monoisotopic (exact) mass is 277 g/mol. The summed E-state index contributed by atoms with van der Waals surface area (Å²) in [6.07, 6.45) is 1.41. The molecule has 4 nitrogen and oxygen atoms in total. The molecule has 0 spiro atoms. The Morgan fingerprint density at radius 3 is 2.60 bits per heavy atom. The van der Waals surface area contributed by atoms with Crippen molar-refractivity contribution in [1.29, 1.82) is 0 Å². The molecule has 1 aliphatic heterocycles. The first-order valence-corrected chi connectivity index (χ1v) is 7.20.